The second-order valence-corrected chi connectivity index (χ2v) is 6.41. The Morgan fingerprint density at radius 1 is 1.19 bits per heavy atom. The molecule has 0 atom stereocenters. The molecule has 0 bridgehead atoms. The van der Waals surface area contributed by atoms with Crippen LogP contribution in [0.25, 0.3) is 22.0 Å². The lowest BCUT2D eigenvalue weighted by Gasteiger charge is -2.10. The molecule has 0 saturated carbocycles. The van der Waals surface area contributed by atoms with Crippen LogP contribution in [0, 0.1) is 5.82 Å². The van der Waals surface area contributed by atoms with Gasteiger partial charge < -0.3 is 10.3 Å². The van der Waals surface area contributed by atoms with Crippen LogP contribution in [0.5, 0.6) is 0 Å². The van der Waals surface area contributed by atoms with Crippen molar-refractivity contribution in [2.75, 3.05) is 5.73 Å². The normalized spacial score (nSPS) is 11.4. The van der Waals surface area contributed by atoms with Crippen molar-refractivity contribution in [3.05, 3.63) is 58.3 Å². The van der Waals surface area contributed by atoms with Crippen LogP contribution in [-0.2, 0) is 6.54 Å². The average Bonchev–Trinajstić information content (AvgIpc) is 2.63. The fraction of sp³-hybridized carbons (Fsp3) is 0.300. The number of nitrogens with zero attached hydrogens (tertiary/aromatic N) is 2. The lowest BCUT2D eigenvalue weighted by atomic mass is 10.0. The minimum absolute atomic E-state index is 0.109. The van der Waals surface area contributed by atoms with Gasteiger partial charge in [-0.15, -0.1) is 0 Å². The van der Waals surface area contributed by atoms with E-state index in [1.165, 1.54) is 18.2 Å². The summed E-state index contributed by atoms with van der Waals surface area (Å²) in [5, 5.41) is 0.828. The third-order valence-electron chi connectivity index (χ3n) is 4.54. The summed E-state index contributed by atoms with van der Waals surface area (Å²) in [5.41, 5.74) is 5.16. The van der Waals surface area contributed by atoms with Gasteiger partial charge in [-0.2, -0.15) is 0 Å². The number of aryl methyl sites for hydroxylation is 1. The van der Waals surface area contributed by atoms with Gasteiger partial charge >= 0.3 is 0 Å². The second kappa shape index (κ2) is 7.82. The molecule has 3 rings (SSSR count). The van der Waals surface area contributed by atoms with Crippen LogP contribution < -0.4 is 11.3 Å². The van der Waals surface area contributed by atoms with Gasteiger partial charge in [-0.1, -0.05) is 19.8 Å². The lowest BCUT2D eigenvalue weighted by Crippen LogP contribution is -2.19. The van der Waals surface area contributed by atoms with E-state index in [0.717, 1.165) is 25.3 Å². The molecule has 142 valence electrons. The quantitative estimate of drug-likeness (QED) is 0.623. The molecule has 0 aliphatic carbocycles. The van der Waals surface area contributed by atoms with E-state index < -0.39 is 17.8 Å². The van der Waals surface area contributed by atoms with E-state index in [-0.39, 0.29) is 28.0 Å². The van der Waals surface area contributed by atoms with Crippen molar-refractivity contribution in [1.82, 2.24) is 9.55 Å². The van der Waals surface area contributed by atoms with Gasteiger partial charge in [0.1, 0.15) is 11.6 Å². The van der Waals surface area contributed by atoms with Gasteiger partial charge in [-0.3, -0.25) is 4.79 Å². The Kier molecular flexibility index (Phi) is 5.48. The average molecular weight is 375 g/mol. The van der Waals surface area contributed by atoms with Crippen LogP contribution >= 0.6 is 0 Å². The van der Waals surface area contributed by atoms with E-state index in [9.17, 15) is 18.0 Å². The van der Waals surface area contributed by atoms with E-state index in [2.05, 4.69) is 11.9 Å². The molecule has 7 heteroatoms. The van der Waals surface area contributed by atoms with Crippen molar-refractivity contribution in [2.45, 2.75) is 39.2 Å². The molecule has 2 N–H and O–H groups in total. The summed E-state index contributed by atoms with van der Waals surface area (Å²) in [5.74, 6) is -0.990. The number of aromatic nitrogens is 2. The van der Waals surface area contributed by atoms with Crippen LogP contribution in [-0.4, -0.2) is 9.55 Å². The largest absolute Gasteiger partial charge is 0.383 e. The SMILES string of the molecule is CCCCCn1ccc2cc(-c3ccc(C(F)F)c(N)n3)c(F)cc2c1=O. The van der Waals surface area contributed by atoms with Gasteiger partial charge in [0.2, 0.25) is 0 Å². The molecule has 0 aliphatic rings. The topological polar surface area (TPSA) is 60.9 Å². The van der Waals surface area contributed by atoms with Crippen LogP contribution in [0.15, 0.2) is 41.3 Å². The highest BCUT2D eigenvalue weighted by Gasteiger charge is 2.16. The Bertz CT molecular complexity index is 1030. The third-order valence-corrected chi connectivity index (χ3v) is 4.54. The maximum atomic E-state index is 14.6. The zero-order chi connectivity index (χ0) is 19.6. The molecule has 4 nitrogen and oxygen atoms in total. The summed E-state index contributed by atoms with van der Waals surface area (Å²) >= 11 is 0. The van der Waals surface area contributed by atoms with Crippen molar-refractivity contribution in [3.8, 4) is 11.3 Å². The maximum Gasteiger partial charge on any atom is 0.267 e. The first-order valence-electron chi connectivity index (χ1n) is 8.80. The third kappa shape index (κ3) is 3.82. The minimum atomic E-state index is -2.75. The number of rotatable bonds is 6. The first-order chi connectivity index (χ1) is 12.9. The number of unbranched alkanes of at least 4 members (excludes halogenated alkanes) is 2. The number of halogens is 3. The molecule has 0 fully saturated rings. The van der Waals surface area contributed by atoms with Crippen molar-refractivity contribution in [3.63, 3.8) is 0 Å². The van der Waals surface area contributed by atoms with Gasteiger partial charge in [0.15, 0.2) is 0 Å². The van der Waals surface area contributed by atoms with Gasteiger partial charge in [0.05, 0.1) is 16.6 Å². The van der Waals surface area contributed by atoms with Crippen molar-refractivity contribution in [2.24, 2.45) is 0 Å². The standard InChI is InChI=1S/C20H20F3N3O/c1-2-3-4-8-26-9-7-12-10-15(16(21)11-14(12)20(26)27)17-6-5-13(18(22)23)19(24)25-17/h5-7,9-11,18H,2-4,8H2,1H3,(H2,24,25). The van der Waals surface area contributed by atoms with E-state index in [1.807, 2.05) is 0 Å². The Hall–Kier alpha value is -2.83. The number of hydrogen-bond donors (Lipinski definition) is 1. The summed E-state index contributed by atoms with van der Waals surface area (Å²) < 4.78 is 41.8. The number of nitrogens with two attached hydrogens (primary N) is 1. The predicted molar refractivity (Wildman–Crippen MR) is 100 cm³/mol. The summed E-state index contributed by atoms with van der Waals surface area (Å²) in [6, 6.07) is 6.84. The zero-order valence-electron chi connectivity index (χ0n) is 14.9. The Morgan fingerprint density at radius 2 is 1.96 bits per heavy atom. The molecule has 2 heterocycles. The Labute approximate surface area is 154 Å². The molecular weight excluding hydrogens is 355 g/mol. The van der Waals surface area contributed by atoms with Gasteiger partial charge in [-0.25, -0.2) is 18.2 Å². The summed E-state index contributed by atoms with van der Waals surface area (Å²) in [7, 11) is 0. The molecule has 2 aromatic heterocycles. The fourth-order valence-electron chi connectivity index (χ4n) is 3.03. The maximum absolute atomic E-state index is 14.6. The predicted octanol–water partition coefficient (Wildman–Crippen LogP) is 4.91. The number of benzene rings is 1. The van der Waals surface area contributed by atoms with Crippen LogP contribution in [0.1, 0.15) is 38.2 Å². The lowest BCUT2D eigenvalue weighted by molar-refractivity contribution is 0.152. The van der Waals surface area contributed by atoms with E-state index in [4.69, 9.17) is 5.73 Å². The highest BCUT2D eigenvalue weighted by Crippen LogP contribution is 2.29. The number of pyridine rings is 2. The van der Waals surface area contributed by atoms with Crippen LogP contribution in [0.3, 0.4) is 0 Å². The highest BCUT2D eigenvalue weighted by molar-refractivity contribution is 5.86. The summed E-state index contributed by atoms with van der Waals surface area (Å²) in [6.45, 7) is 2.66. The first-order valence-corrected chi connectivity index (χ1v) is 8.80. The minimum Gasteiger partial charge on any atom is -0.383 e. The van der Waals surface area contributed by atoms with E-state index in [0.29, 0.717) is 11.9 Å². The molecule has 27 heavy (non-hydrogen) atoms. The van der Waals surface area contributed by atoms with Gasteiger partial charge in [0.25, 0.3) is 12.0 Å². The van der Waals surface area contributed by atoms with Crippen LogP contribution in [0.2, 0.25) is 0 Å². The highest BCUT2D eigenvalue weighted by atomic mass is 19.3. The molecule has 3 aromatic rings. The zero-order valence-corrected chi connectivity index (χ0v) is 14.9. The Morgan fingerprint density at radius 3 is 2.63 bits per heavy atom. The molecule has 0 saturated heterocycles. The monoisotopic (exact) mass is 375 g/mol. The molecule has 0 amide bonds. The van der Waals surface area contributed by atoms with Gasteiger partial charge in [-0.05, 0) is 42.1 Å². The van der Waals surface area contributed by atoms with Gasteiger partial charge in [0, 0.05) is 18.3 Å². The van der Waals surface area contributed by atoms with E-state index >= 15 is 0 Å². The number of nitrogen functional groups attached to an aromatic ring is 1. The number of fused-ring (bicyclic) bond motifs is 1. The molecule has 0 aliphatic heterocycles. The van der Waals surface area contributed by atoms with Crippen molar-refractivity contribution >= 4 is 16.6 Å². The number of alkyl halides is 2. The van der Waals surface area contributed by atoms with Crippen molar-refractivity contribution in [1.29, 1.82) is 0 Å². The van der Waals surface area contributed by atoms with Crippen LogP contribution in [0.4, 0.5) is 19.0 Å². The number of anilines is 1. The molecule has 1 aromatic carbocycles. The first kappa shape index (κ1) is 18.9. The number of hydrogen-bond acceptors (Lipinski definition) is 3. The fourth-order valence-corrected chi connectivity index (χ4v) is 3.03. The molecule has 0 spiro atoms. The van der Waals surface area contributed by atoms with Crippen molar-refractivity contribution < 1.29 is 13.2 Å². The Balaban J connectivity index is 2.04. The summed E-state index contributed by atoms with van der Waals surface area (Å²) in [6.07, 6.45) is 1.87. The smallest absolute Gasteiger partial charge is 0.267 e. The molecule has 0 unspecified atom stereocenters. The second-order valence-electron chi connectivity index (χ2n) is 6.41. The van der Waals surface area contributed by atoms with E-state index in [1.54, 1.807) is 16.8 Å². The molecule has 0 radical (unpaired) electrons. The molecular formula is C20H20F3N3O. The summed E-state index contributed by atoms with van der Waals surface area (Å²) in [4.78, 5) is 16.5.